The van der Waals surface area contributed by atoms with Crippen LogP contribution in [0.3, 0.4) is 0 Å². The van der Waals surface area contributed by atoms with Crippen molar-refractivity contribution in [1.29, 1.82) is 0 Å². The largest absolute Gasteiger partial charge is 0.378 e. The molecule has 0 spiro atoms. The lowest BCUT2D eigenvalue weighted by Crippen LogP contribution is -2.07. The van der Waals surface area contributed by atoms with Gasteiger partial charge in [0.25, 0.3) is 0 Å². The van der Waals surface area contributed by atoms with Gasteiger partial charge in [-0.05, 0) is 31.2 Å². The van der Waals surface area contributed by atoms with Gasteiger partial charge in [-0.15, -0.1) is 11.3 Å². The van der Waals surface area contributed by atoms with Crippen LogP contribution in [0.1, 0.15) is 23.5 Å². The Labute approximate surface area is 124 Å². The molecule has 0 fully saturated rings. The average molecular weight is 291 g/mol. The molecule has 2 rings (SSSR count). The molecule has 0 amide bonds. The van der Waals surface area contributed by atoms with E-state index in [0.717, 1.165) is 21.1 Å². The molecule has 0 saturated heterocycles. The van der Waals surface area contributed by atoms with E-state index < -0.39 is 0 Å². The summed E-state index contributed by atoms with van der Waals surface area (Å²) in [5, 5.41) is 0.995. The van der Waals surface area contributed by atoms with Gasteiger partial charge in [0.15, 0.2) is 0 Å². The molecule has 108 valence electrons. The number of nitrogens with zero attached hydrogens (tertiary/aromatic N) is 2. The van der Waals surface area contributed by atoms with Gasteiger partial charge in [0.05, 0.1) is 12.3 Å². The molecule has 1 heterocycles. The first-order chi connectivity index (χ1) is 9.52. The summed E-state index contributed by atoms with van der Waals surface area (Å²) in [6.07, 6.45) is 0. The molecule has 0 bridgehead atoms. The minimum atomic E-state index is -0.0209. The first-order valence-corrected chi connectivity index (χ1v) is 7.36. The standard InChI is InChI=1S/C15H21N3OS/c1-10(16)14-13(9-19-4)17-15(20-14)11-5-7-12(8-6-11)18(2)3/h5-8,10H,9,16H2,1-4H3. The Morgan fingerprint density at radius 3 is 2.45 bits per heavy atom. The van der Waals surface area contributed by atoms with Crippen LogP contribution in [0, 0.1) is 0 Å². The molecule has 20 heavy (non-hydrogen) atoms. The Kier molecular flexibility index (Phi) is 4.75. The Morgan fingerprint density at radius 1 is 1.30 bits per heavy atom. The molecule has 0 saturated carbocycles. The van der Waals surface area contributed by atoms with Gasteiger partial charge >= 0.3 is 0 Å². The van der Waals surface area contributed by atoms with E-state index in [0.29, 0.717) is 6.61 Å². The highest BCUT2D eigenvalue weighted by Gasteiger charge is 2.15. The Hall–Kier alpha value is -1.43. The molecule has 0 aliphatic carbocycles. The molecule has 0 radical (unpaired) electrons. The zero-order valence-corrected chi connectivity index (χ0v) is 13.2. The van der Waals surface area contributed by atoms with Crippen LogP contribution in [0.5, 0.6) is 0 Å². The van der Waals surface area contributed by atoms with Crippen molar-refractivity contribution in [3.63, 3.8) is 0 Å². The van der Waals surface area contributed by atoms with E-state index >= 15 is 0 Å². The molecule has 0 aliphatic rings. The van der Waals surface area contributed by atoms with E-state index in [1.54, 1.807) is 18.4 Å². The zero-order valence-electron chi connectivity index (χ0n) is 12.4. The van der Waals surface area contributed by atoms with Gasteiger partial charge < -0.3 is 15.4 Å². The highest BCUT2D eigenvalue weighted by Crippen LogP contribution is 2.32. The number of rotatable bonds is 5. The maximum atomic E-state index is 6.01. The van der Waals surface area contributed by atoms with Crippen molar-refractivity contribution >= 4 is 17.0 Å². The summed E-state index contributed by atoms with van der Waals surface area (Å²) in [5.74, 6) is 0. The predicted molar refractivity (Wildman–Crippen MR) is 85.2 cm³/mol. The third-order valence-corrected chi connectivity index (χ3v) is 4.40. The molecule has 1 aromatic heterocycles. The van der Waals surface area contributed by atoms with Crippen LogP contribution < -0.4 is 10.6 Å². The number of methoxy groups -OCH3 is 1. The molecule has 1 aromatic carbocycles. The lowest BCUT2D eigenvalue weighted by molar-refractivity contribution is 0.181. The second kappa shape index (κ2) is 6.35. The first kappa shape index (κ1) is 15.0. The van der Waals surface area contributed by atoms with Crippen LogP contribution in [-0.2, 0) is 11.3 Å². The minimum absolute atomic E-state index is 0.0209. The maximum absolute atomic E-state index is 6.01. The number of aromatic nitrogens is 1. The van der Waals surface area contributed by atoms with Crippen molar-refractivity contribution in [2.75, 3.05) is 26.1 Å². The van der Waals surface area contributed by atoms with E-state index in [4.69, 9.17) is 10.5 Å². The van der Waals surface area contributed by atoms with Crippen molar-refractivity contribution < 1.29 is 4.74 Å². The number of benzene rings is 1. The zero-order chi connectivity index (χ0) is 14.7. The number of ether oxygens (including phenoxy) is 1. The Balaban J connectivity index is 2.34. The minimum Gasteiger partial charge on any atom is -0.378 e. The molecule has 1 atom stereocenters. The van der Waals surface area contributed by atoms with Crippen molar-refractivity contribution in [2.24, 2.45) is 5.73 Å². The molecule has 5 heteroatoms. The van der Waals surface area contributed by atoms with E-state index in [-0.39, 0.29) is 6.04 Å². The maximum Gasteiger partial charge on any atom is 0.124 e. The topological polar surface area (TPSA) is 51.4 Å². The molecule has 0 aliphatic heterocycles. The number of hydrogen-bond donors (Lipinski definition) is 1. The van der Waals surface area contributed by atoms with Crippen LogP contribution in [-0.4, -0.2) is 26.2 Å². The van der Waals surface area contributed by atoms with Gasteiger partial charge in [0.1, 0.15) is 5.01 Å². The fourth-order valence-electron chi connectivity index (χ4n) is 1.99. The molecular formula is C15H21N3OS. The van der Waals surface area contributed by atoms with Crippen LogP contribution >= 0.6 is 11.3 Å². The second-order valence-electron chi connectivity index (χ2n) is 4.99. The van der Waals surface area contributed by atoms with Crippen molar-refractivity contribution in [2.45, 2.75) is 19.6 Å². The van der Waals surface area contributed by atoms with E-state index in [1.165, 1.54) is 5.69 Å². The summed E-state index contributed by atoms with van der Waals surface area (Å²) < 4.78 is 5.20. The van der Waals surface area contributed by atoms with Gasteiger partial charge in [0, 0.05) is 43.4 Å². The fourth-order valence-corrected chi connectivity index (χ4v) is 3.01. The summed E-state index contributed by atoms with van der Waals surface area (Å²) in [4.78, 5) is 7.84. The smallest absolute Gasteiger partial charge is 0.124 e. The molecule has 1 unspecified atom stereocenters. The van der Waals surface area contributed by atoms with Gasteiger partial charge in [-0.3, -0.25) is 0 Å². The monoisotopic (exact) mass is 291 g/mol. The molecular weight excluding hydrogens is 270 g/mol. The van der Waals surface area contributed by atoms with Gasteiger partial charge in [0.2, 0.25) is 0 Å². The van der Waals surface area contributed by atoms with Gasteiger partial charge in [-0.25, -0.2) is 4.98 Å². The number of nitrogens with two attached hydrogens (primary N) is 1. The van der Waals surface area contributed by atoms with Crippen molar-refractivity contribution in [1.82, 2.24) is 4.98 Å². The fraction of sp³-hybridized carbons (Fsp3) is 0.400. The van der Waals surface area contributed by atoms with Crippen LogP contribution in [0.25, 0.3) is 10.6 Å². The molecule has 4 nitrogen and oxygen atoms in total. The SMILES string of the molecule is COCc1nc(-c2ccc(N(C)C)cc2)sc1C(C)N. The third kappa shape index (κ3) is 3.17. The highest BCUT2D eigenvalue weighted by molar-refractivity contribution is 7.15. The third-order valence-electron chi connectivity index (χ3n) is 3.05. The summed E-state index contributed by atoms with van der Waals surface area (Å²) in [6.45, 7) is 2.48. The van der Waals surface area contributed by atoms with E-state index in [9.17, 15) is 0 Å². The first-order valence-electron chi connectivity index (χ1n) is 6.54. The number of anilines is 1. The lowest BCUT2D eigenvalue weighted by atomic mass is 10.2. The van der Waals surface area contributed by atoms with Crippen molar-refractivity contribution in [3.8, 4) is 10.6 Å². The number of hydrogen-bond acceptors (Lipinski definition) is 5. The van der Waals surface area contributed by atoms with Crippen molar-refractivity contribution in [3.05, 3.63) is 34.8 Å². The van der Waals surface area contributed by atoms with Crippen LogP contribution in [0.15, 0.2) is 24.3 Å². The summed E-state index contributed by atoms with van der Waals surface area (Å²) in [7, 11) is 5.74. The second-order valence-corrected chi connectivity index (χ2v) is 6.02. The van der Waals surface area contributed by atoms with E-state index in [1.807, 2.05) is 21.0 Å². The van der Waals surface area contributed by atoms with E-state index in [2.05, 4.69) is 34.1 Å². The summed E-state index contributed by atoms with van der Waals surface area (Å²) >= 11 is 1.65. The summed E-state index contributed by atoms with van der Waals surface area (Å²) in [6, 6.07) is 8.36. The average Bonchev–Trinajstić information content (AvgIpc) is 2.83. The molecule has 2 aromatic rings. The quantitative estimate of drug-likeness (QED) is 0.920. The predicted octanol–water partition coefficient (Wildman–Crippen LogP) is 3.04. The number of thiazole rings is 1. The Bertz CT molecular complexity index is 561. The molecule has 2 N–H and O–H groups in total. The Morgan fingerprint density at radius 2 is 1.95 bits per heavy atom. The normalized spacial score (nSPS) is 12.4. The van der Waals surface area contributed by atoms with Gasteiger partial charge in [-0.1, -0.05) is 0 Å². The highest BCUT2D eigenvalue weighted by atomic mass is 32.1. The lowest BCUT2D eigenvalue weighted by Gasteiger charge is -2.11. The van der Waals surface area contributed by atoms with Gasteiger partial charge in [-0.2, -0.15) is 0 Å². The summed E-state index contributed by atoms with van der Waals surface area (Å²) in [5.41, 5.74) is 9.24. The van der Waals surface area contributed by atoms with Crippen LogP contribution in [0.2, 0.25) is 0 Å². The van der Waals surface area contributed by atoms with Crippen LogP contribution in [0.4, 0.5) is 5.69 Å².